The van der Waals surface area contributed by atoms with Crippen LogP contribution >= 0.6 is 0 Å². The van der Waals surface area contributed by atoms with Crippen molar-refractivity contribution in [3.63, 3.8) is 0 Å². The molecule has 0 radical (unpaired) electrons. The zero-order valence-corrected chi connectivity index (χ0v) is 8.36. The lowest BCUT2D eigenvalue weighted by Gasteiger charge is -2.12. The summed E-state index contributed by atoms with van der Waals surface area (Å²) in [6.07, 6.45) is 2.45. The van der Waals surface area contributed by atoms with Crippen LogP contribution in [0.1, 0.15) is 18.4 Å². The van der Waals surface area contributed by atoms with E-state index < -0.39 is 5.41 Å². The smallest absolute Gasteiger partial charge is 0.200 e. The Labute approximate surface area is 87.1 Å². The van der Waals surface area contributed by atoms with Gasteiger partial charge in [-0.2, -0.15) is 0 Å². The van der Waals surface area contributed by atoms with Crippen LogP contribution in [0.2, 0.25) is 0 Å². The molecule has 4 nitrogen and oxygen atoms in total. The van der Waals surface area contributed by atoms with Crippen LogP contribution < -0.4 is 4.74 Å². The van der Waals surface area contributed by atoms with E-state index in [-0.39, 0.29) is 17.2 Å². The number of benzene rings is 1. The van der Waals surface area contributed by atoms with Gasteiger partial charge in [-0.25, -0.2) is 0 Å². The van der Waals surface area contributed by atoms with Crippen molar-refractivity contribution >= 4 is 6.29 Å². The fourth-order valence-electron chi connectivity index (χ4n) is 1.65. The molecular formula is C11H12O4. The average Bonchev–Trinajstić information content (AvgIpc) is 3.02. The molecule has 1 aromatic rings. The minimum absolute atomic E-state index is 0.193. The summed E-state index contributed by atoms with van der Waals surface area (Å²) in [6.45, 7) is 0. The van der Waals surface area contributed by atoms with Crippen molar-refractivity contribution in [2.45, 2.75) is 18.3 Å². The van der Waals surface area contributed by atoms with Crippen molar-refractivity contribution in [3.05, 3.63) is 17.7 Å². The predicted octanol–water partition coefficient (Wildman–Crippen LogP) is 1.34. The third-order valence-corrected chi connectivity index (χ3v) is 2.86. The average molecular weight is 208 g/mol. The predicted molar refractivity (Wildman–Crippen MR) is 53.3 cm³/mol. The van der Waals surface area contributed by atoms with Gasteiger partial charge in [0.2, 0.25) is 5.75 Å². The summed E-state index contributed by atoms with van der Waals surface area (Å²) in [5.41, 5.74) is 0.225. The van der Waals surface area contributed by atoms with E-state index in [9.17, 15) is 15.0 Å². The van der Waals surface area contributed by atoms with E-state index in [1.54, 1.807) is 6.07 Å². The maximum absolute atomic E-state index is 10.9. The van der Waals surface area contributed by atoms with Crippen molar-refractivity contribution in [2.24, 2.45) is 0 Å². The van der Waals surface area contributed by atoms with Gasteiger partial charge in [0, 0.05) is 0 Å². The lowest BCUT2D eigenvalue weighted by atomic mass is 9.97. The summed E-state index contributed by atoms with van der Waals surface area (Å²) in [6, 6.07) is 3.01. The van der Waals surface area contributed by atoms with Crippen molar-refractivity contribution in [1.29, 1.82) is 0 Å². The van der Waals surface area contributed by atoms with Crippen LogP contribution in [0.5, 0.6) is 17.2 Å². The molecule has 0 amide bonds. The highest BCUT2D eigenvalue weighted by Crippen LogP contribution is 2.50. The Kier molecular flexibility index (Phi) is 2.07. The maximum atomic E-state index is 10.9. The van der Waals surface area contributed by atoms with Gasteiger partial charge >= 0.3 is 0 Å². The van der Waals surface area contributed by atoms with Crippen LogP contribution in [0.4, 0.5) is 0 Å². The lowest BCUT2D eigenvalue weighted by molar-refractivity contribution is -0.109. The summed E-state index contributed by atoms with van der Waals surface area (Å²) < 4.78 is 4.91. The number of phenolic OH excluding ortho intramolecular Hbond substituents is 2. The number of aromatic hydroxyl groups is 2. The van der Waals surface area contributed by atoms with Crippen molar-refractivity contribution in [2.75, 3.05) is 7.11 Å². The topological polar surface area (TPSA) is 66.8 Å². The molecule has 1 aromatic carbocycles. The molecule has 80 valence electrons. The van der Waals surface area contributed by atoms with E-state index in [4.69, 9.17) is 4.74 Å². The molecule has 0 bridgehead atoms. The molecule has 1 aliphatic carbocycles. The first-order valence-corrected chi connectivity index (χ1v) is 4.70. The zero-order chi connectivity index (χ0) is 11.1. The number of methoxy groups -OCH3 is 1. The fraction of sp³-hybridized carbons (Fsp3) is 0.364. The quantitative estimate of drug-likeness (QED) is 0.581. The van der Waals surface area contributed by atoms with E-state index in [0.29, 0.717) is 5.56 Å². The van der Waals surface area contributed by atoms with Crippen molar-refractivity contribution < 1.29 is 19.7 Å². The van der Waals surface area contributed by atoms with Crippen LogP contribution in [-0.4, -0.2) is 23.6 Å². The van der Waals surface area contributed by atoms with Gasteiger partial charge < -0.3 is 19.7 Å². The fourth-order valence-corrected chi connectivity index (χ4v) is 1.65. The lowest BCUT2D eigenvalue weighted by Crippen LogP contribution is -2.07. The SMILES string of the molecule is COc1cc(C2(C=O)CC2)cc(O)c1O. The van der Waals surface area contributed by atoms with Gasteiger partial charge in [0.05, 0.1) is 12.5 Å². The Morgan fingerprint density at radius 3 is 2.53 bits per heavy atom. The molecule has 1 fully saturated rings. The van der Waals surface area contributed by atoms with Gasteiger partial charge in [0.25, 0.3) is 0 Å². The zero-order valence-electron chi connectivity index (χ0n) is 8.36. The highest BCUT2D eigenvalue weighted by atomic mass is 16.5. The number of carbonyl (C=O) groups excluding carboxylic acids is 1. The third kappa shape index (κ3) is 1.42. The number of carbonyl (C=O) groups is 1. The first-order valence-electron chi connectivity index (χ1n) is 4.70. The van der Waals surface area contributed by atoms with Crippen molar-refractivity contribution in [1.82, 2.24) is 0 Å². The first-order chi connectivity index (χ1) is 7.13. The summed E-state index contributed by atoms with van der Waals surface area (Å²) in [5.74, 6) is -0.349. The Morgan fingerprint density at radius 1 is 1.40 bits per heavy atom. The van der Waals surface area contributed by atoms with Crippen LogP contribution in [0.25, 0.3) is 0 Å². The maximum Gasteiger partial charge on any atom is 0.200 e. The summed E-state index contributed by atoms with van der Waals surface area (Å²) in [7, 11) is 1.40. The number of hydrogen-bond acceptors (Lipinski definition) is 4. The van der Waals surface area contributed by atoms with E-state index in [1.165, 1.54) is 13.2 Å². The molecule has 0 heterocycles. The molecule has 0 saturated heterocycles. The van der Waals surface area contributed by atoms with Crippen LogP contribution in [0.3, 0.4) is 0 Å². The number of rotatable bonds is 3. The van der Waals surface area contributed by atoms with E-state index in [1.807, 2.05) is 0 Å². The van der Waals surface area contributed by atoms with Gasteiger partial charge in [-0.05, 0) is 30.5 Å². The minimum atomic E-state index is -0.474. The number of hydrogen-bond donors (Lipinski definition) is 2. The number of aldehydes is 1. The molecule has 0 atom stereocenters. The van der Waals surface area contributed by atoms with Gasteiger partial charge in [-0.3, -0.25) is 0 Å². The minimum Gasteiger partial charge on any atom is -0.504 e. The second kappa shape index (κ2) is 3.15. The third-order valence-electron chi connectivity index (χ3n) is 2.86. The molecule has 0 spiro atoms. The molecule has 0 unspecified atom stereocenters. The molecule has 4 heteroatoms. The number of phenols is 2. The van der Waals surface area contributed by atoms with Gasteiger partial charge in [-0.1, -0.05) is 0 Å². The molecule has 0 aromatic heterocycles. The van der Waals surface area contributed by atoms with Crippen LogP contribution in [0, 0.1) is 0 Å². The van der Waals surface area contributed by atoms with E-state index in [0.717, 1.165) is 19.1 Å². The summed E-state index contributed by atoms with van der Waals surface area (Å²) in [4.78, 5) is 10.9. The Bertz CT molecular complexity index is 407. The molecule has 1 aliphatic rings. The largest absolute Gasteiger partial charge is 0.504 e. The van der Waals surface area contributed by atoms with Gasteiger partial charge in [0.1, 0.15) is 6.29 Å². The summed E-state index contributed by atoms with van der Waals surface area (Å²) >= 11 is 0. The molecular weight excluding hydrogens is 196 g/mol. The second-order valence-electron chi connectivity index (χ2n) is 3.82. The Balaban J connectivity index is 2.50. The molecule has 1 saturated carbocycles. The van der Waals surface area contributed by atoms with Crippen molar-refractivity contribution in [3.8, 4) is 17.2 Å². The Morgan fingerprint density at radius 2 is 2.07 bits per heavy atom. The monoisotopic (exact) mass is 208 g/mol. The van der Waals surface area contributed by atoms with Crippen LogP contribution in [-0.2, 0) is 10.2 Å². The standard InChI is InChI=1S/C11H12O4/c1-15-9-5-7(4-8(13)10(9)14)11(6-12)2-3-11/h4-6,13-14H,2-3H2,1H3. The molecule has 2 N–H and O–H groups in total. The molecule has 0 aliphatic heterocycles. The molecule has 15 heavy (non-hydrogen) atoms. The van der Waals surface area contributed by atoms with Gasteiger partial charge in [-0.15, -0.1) is 0 Å². The molecule has 2 rings (SSSR count). The van der Waals surface area contributed by atoms with E-state index >= 15 is 0 Å². The highest BCUT2D eigenvalue weighted by Gasteiger charge is 2.45. The first kappa shape index (κ1) is 9.83. The normalized spacial score (nSPS) is 17.1. The highest BCUT2D eigenvalue weighted by molar-refractivity contribution is 5.74. The number of ether oxygens (including phenoxy) is 1. The van der Waals surface area contributed by atoms with Gasteiger partial charge in [0.15, 0.2) is 11.5 Å². The Hall–Kier alpha value is -1.71. The van der Waals surface area contributed by atoms with Crippen LogP contribution in [0.15, 0.2) is 12.1 Å². The summed E-state index contributed by atoms with van der Waals surface area (Å²) in [5, 5.41) is 18.9. The second-order valence-corrected chi connectivity index (χ2v) is 3.82. The van der Waals surface area contributed by atoms with E-state index in [2.05, 4.69) is 0 Å².